The molecule has 1 fully saturated rings. The molecule has 0 bridgehead atoms. The number of carbonyl (C=O) groups is 1. The summed E-state index contributed by atoms with van der Waals surface area (Å²) in [7, 11) is 3.42. The van der Waals surface area contributed by atoms with Crippen molar-refractivity contribution in [3.8, 4) is 0 Å². The molecule has 0 spiro atoms. The number of rotatable bonds is 1. The van der Waals surface area contributed by atoms with E-state index < -0.39 is 0 Å². The van der Waals surface area contributed by atoms with Gasteiger partial charge in [0.05, 0.1) is 7.11 Å². The minimum atomic E-state index is -0.100. The maximum absolute atomic E-state index is 11.1. The molecule has 0 aromatic rings. The molecule has 0 radical (unpaired) electrons. The Balaban J connectivity index is 2.54. The van der Waals surface area contributed by atoms with Crippen molar-refractivity contribution < 1.29 is 9.53 Å². The van der Waals surface area contributed by atoms with Crippen LogP contribution in [-0.4, -0.2) is 37.1 Å². The van der Waals surface area contributed by atoms with Crippen LogP contribution in [0.2, 0.25) is 0 Å². The van der Waals surface area contributed by atoms with Crippen molar-refractivity contribution >= 4 is 5.97 Å². The summed E-state index contributed by atoms with van der Waals surface area (Å²) in [4.78, 5) is 13.2. The van der Waals surface area contributed by atoms with Gasteiger partial charge < -0.3 is 4.74 Å². The predicted octanol–water partition coefficient (Wildman–Crippen LogP) is 0.642. The SMILES string of the molecule is COC(=O)[C@@H]1CC[C@H](C)N1C. The van der Waals surface area contributed by atoms with Crippen molar-refractivity contribution in [2.24, 2.45) is 0 Å². The molecule has 1 heterocycles. The highest BCUT2D eigenvalue weighted by Gasteiger charge is 2.33. The molecule has 0 aliphatic carbocycles. The van der Waals surface area contributed by atoms with Crippen LogP contribution in [-0.2, 0) is 9.53 Å². The second-order valence-electron chi connectivity index (χ2n) is 3.13. The summed E-state index contributed by atoms with van der Waals surface area (Å²) in [6.45, 7) is 2.13. The van der Waals surface area contributed by atoms with Crippen LogP contribution in [0.15, 0.2) is 0 Å². The first-order valence-electron chi connectivity index (χ1n) is 3.96. The fraction of sp³-hybridized carbons (Fsp3) is 0.875. The molecule has 0 N–H and O–H groups in total. The van der Waals surface area contributed by atoms with Gasteiger partial charge in [-0.2, -0.15) is 0 Å². The molecule has 0 unspecified atom stereocenters. The summed E-state index contributed by atoms with van der Waals surface area (Å²) < 4.78 is 4.67. The predicted molar refractivity (Wildman–Crippen MR) is 42.3 cm³/mol. The third kappa shape index (κ3) is 1.53. The average Bonchev–Trinajstić information content (AvgIpc) is 2.32. The number of hydrogen-bond acceptors (Lipinski definition) is 3. The van der Waals surface area contributed by atoms with E-state index in [4.69, 9.17) is 0 Å². The first-order valence-corrected chi connectivity index (χ1v) is 3.96. The molecule has 1 saturated heterocycles. The Hall–Kier alpha value is -0.570. The van der Waals surface area contributed by atoms with E-state index in [-0.39, 0.29) is 12.0 Å². The third-order valence-corrected chi connectivity index (χ3v) is 2.52. The van der Waals surface area contributed by atoms with Gasteiger partial charge in [0.1, 0.15) is 6.04 Å². The van der Waals surface area contributed by atoms with Gasteiger partial charge in [-0.05, 0) is 26.8 Å². The Kier molecular flexibility index (Phi) is 2.49. The van der Waals surface area contributed by atoms with Crippen molar-refractivity contribution in [1.82, 2.24) is 4.90 Å². The zero-order valence-electron chi connectivity index (χ0n) is 7.33. The Bertz CT molecular complexity index is 158. The fourth-order valence-electron chi connectivity index (χ4n) is 1.53. The molecular formula is C8H15NO2. The topological polar surface area (TPSA) is 29.5 Å². The number of carbonyl (C=O) groups excluding carboxylic acids is 1. The minimum absolute atomic E-state index is 0.00463. The summed E-state index contributed by atoms with van der Waals surface area (Å²) in [5.41, 5.74) is 0. The highest BCUT2D eigenvalue weighted by atomic mass is 16.5. The molecule has 3 nitrogen and oxygen atoms in total. The van der Waals surface area contributed by atoms with E-state index in [1.807, 2.05) is 7.05 Å². The van der Waals surface area contributed by atoms with E-state index in [9.17, 15) is 4.79 Å². The van der Waals surface area contributed by atoms with E-state index in [0.29, 0.717) is 6.04 Å². The van der Waals surface area contributed by atoms with Crippen molar-refractivity contribution in [2.45, 2.75) is 31.8 Å². The second kappa shape index (κ2) is 3.22. The number of nitrogens with zero attached hydrogens (tertiary/aromatic N) is 1. The Morgan fingerprint density at radius 2 is 2.18 bits per heavy atom. The van der Waals surface area contributed by atoms with Crippen LogP contribution in [0, 0.1) is 0 Å². The highest BCUT2D eigenvalue weighted by Crippen LogP contribution is 2.22. The van der Waals surface area contributed by atoms with Crippen molar-refractivity contribution in [1.29, 1.82) is 0 Å². The number of ether oxygens (including phenoxy) is 1. The molecule has 1 rings (SSSR count). The maximum Gasteiger partial charge on any atom is 0.323 e. The number of hydrogen-bond donors (Lipinski definition) is 0. The van der Waals surface area contributed by atoms with Crippen molar-refractivity contribution in [3.63, 3.8) is 0 Å². The third-order valence-electron chi connectivity index (χ3n) is 2.52. The van der Waals surface area contributed by atoms with E-state index in [2.05, 4.69) is 16.6 Å². The van der Waals surface area contributed by atoms with Crippen LogP contribution in [0.3, 0.4) is 0 Å². The molecule has 0 aromatic carbocycles. The summed E-state index contributed by atoms with van der Waals surface area (Å²) in [5.74, 6) is -0.100. The molecule has 64 valence electrons. The summed E-state index contributed by atoms with van der Waals surface area (Å²) in [5, 5.41) is 0. The minimum Gasteiger partial charge on any atom is -0.468 e. The first-order chi connectivity index (χ1) is 5.16. The molecule has 0 aromatic heterocycles. The van der Waals surface area contributed by atoms with Gasteiger partial charge in [0.15, 0.2) is 0 Å². The van der Waals surface area contributed by atoms with Crippen LogP contribution in [0.4, 0.5) is 0 Å². The zero-order valence-corrected chi connectivity index (χ0v) is 7.33. The Morgan fingerprint density at radius 1 is 1.55 bits per heavy atom. The van der Waals surface area contributed by atoms with Crippen LogP contribution >= 0.6 is 0 Å². The van der Waals surface area contributed by atoms with E-state index in [1.54, 1.807) is 0 Å². The molecule has 11 heavy (non-hydrogen) atoms. The fourth-order valence-corrected chi connectivity index (χ4v) is 1.53. The van der Waals surface area contributed by atoms with Crippen LogP contribution < -0.4 is 0 Å². The van der Waals surface area contributed by atoms with Crippen molar-refractivity contribution in [3.05, 3.63) is 0 Å². The number of likely N-dealkylation sites (tertiary alicyclic amines) is 1. The van der Waals surface area contributed by atoms with Crippen molar-refractivity contribution in [2.75, 3.05) is 14.2 Å². The molecule has 3 heteroatoms. The monoisotopic (exact) mass is 157 g/mol. The largest absolute Gasteiger partial charge is 0.468 e. The number of esters is 1. The lowest BCUT2D eigenvalue weighted by Crippen LogP contribution is -2.36. The Morgan fingerprint density at radius 3 is 2.55 bits per heavy atom. The smallest absolute Gasteiger partial charge is 0.323 e. The lowest BCUT2D eigenvalue weighted by atomic mass is 10.2. The van der Waals surface area contributed by atoms with Crippen LogP contribution in [0.1, 0.15) is 19.8 Å². The second-order valence-corrected chi connectivity index (χ2v) is 3.13. The van der Waals surface area contributed by atoms with Crippen LogP contribution in [0.5, 0.6) is 0 Å². The van der Waals surface area contributed by atoms with Crippen LogP contribution in [0.25, 0.3) is 0 Å². The summed E-state index contributed by atoms with van der Waals surface area (Å²) in [6, 6.07) is 0.508. The lowest BCUT2D eigenvalue weighted by Gasteiger charge is -2.20. The molecule has 1 aliphatic rings. The average molecular weight is 157 g/mol. The zero-order chi connectivity index (χ0) is 8.43. The van der Waals surface area contributed by atoms with E-state index >= 15 is 0 Å². The molecule has 1 aliphatic heterocycles. The Labute approximate surface area is 67.3 Å². The van der Waals surface area contributed by atoms with Gasteiger partial charge in [0.2, 0.25) is 0 Å². The van der Waals surface area contributed by atoms with Gasteiger partial charge in [-0.25, -0.2) is 0 Å². The first kappa shape index (κ1) is 8.53. The van der Waals surface area contributed by atoms with E-state index in [0.717, 1.165) is 12.8 Å². The van der Waals surface area contributed by atoms with Gasteiger partial charge >= 0.3 is 5.97 Å². The molecule has 2 atom stereocenters. The summed E-state index contributed by atoms with van der Waals surface area (Å²) in [6.07, 6.45) is 2.03. The van der Waals surface area contributed by atoms with E-state index in [1.165, 1.54) is 7.11 Å². The number of likely N-dealkylation sites (N-methyl/N-ethyl adjacent to an activating group) is 1. The lowest BCUT2D eigenvalue weighted by molar-refractivity contribution is -0.145. The quantitative estimate of drug-likeness (QED) is 0.523. The van der Waals surface area contributed by atoms with Gasteiger partial charge in [-0.15, -0.1) is 0 Å². The molecule has 0 amide bonds. The summed E-state index contributed by atoms with van der Waals surface area (Å²) >= 11 is 0. The normalized spacial score (nSPS) is 32.3. The standard InChI is InChI=1S/C8H15NO2/c1-6-4-5-7(9(6)2)8(10)11-3/h6-7H,4-5H2,1-3H3/t6-,7-/m0/s1. The highest BCUT2D eigenvalue weighted by molar-refractivity contribution is 5.76. The van der Waals surface area contributed by atoms with Gasteiger partial charge in [0, 0.05) is 6.04 Å². The molecule has 0 saturated carbocycles. The number of methoxy groups -OCH3 is 1. The van der Waals surface area contributed by atoms with Gasteiger partial charge in [0.25, 0.3) is 0 Å². The maximum atomic E-state index is 11.1. The molecular weight excluding hydrogens is 142 g/mol. The van der Waals surface area contributed by atoms with Gasteiger partial charge in [-0.3, -0.25) is 9.69 Å². The van der Waals surface area contributed by atoms with Gasteiger partial charge in [-0.1, -0.05) is 0 Å².